The summed E-state index contributed by atoms with van der Waals surface area (Å²) in [5.41, 5.74) is 2.44. The summed E-state index contributed by atoms with van der Waals surface area (Å²) in [6.07, 6.45) is 1.93. The van der Waals surface area contributed by atoms with Crippen LogP contribution in [0.15, 0.2) is 24.3 Å². The highest BCUT2D eigenvalue weighted by Crippen LogP contribution is 2.19. The number of nitrogens with one attached hydrogen (secondary N) is 2. The van der Waals surface area contributed by atoms with Gasteiger partial charge in [-0.05, 0) is 44.4 Å². The van der Waals surface area contributed by atoms with Crippen molar-refractivity contribution in [3.8, 4) is 0 Å². The second-order valence-corrected chi connectivity index (χ2v) is 6.62. The summed E-state index contributed by atoms with van der Waals surface area (Å²) in [6.45, 7) is 7.15. The summed E-state index contributed by atoms with van der Waals surface area (Å²) < 4.78 is 5.59. The molecule has 2 aliphatic heterocycles. The number of morpholine rings is 1. The van der Waals surface area contributed by atoms with E-state index in [2.05, 4.69) is 41.8 Å². The van der Waals surface area contributed by atoms with Crippen LogP contribution in [-0.4, -0.2) is 55.2 Å². The zero-order valence-electron chi connectivity index (χ0n) is 14.0. The van der Waals surface area contributed by atoms with Gasteiger partial charge in [0.1, 0.15) is 6.04 Å². The van der Waals surface area contributed by atoms with Gasteiger partial charge in [-0.2, -0.15) is 0 Å². The predicted octanol–water partition coefficient (Wildman–Crippen LogP) is 1.77. The zero-order valence-corrected chi connectivity index (χ0v) is 14.0. The van der Waals surface area contributed by atoms with E-state index in [0.717, 1.165) is 32.5 Å². The van der Waals surface area contributed by atoms with Gasteiger partial charge in [0.25, 0.3) is 0 Å². The molecule has 0 radical (unpaired) electrons. The van der Waals surface area contributed by atoms with Gasteiger partial charge in [-0.25, -0.2) is 0 Å². The molecule has 3 rings (SSSR count). The van der Waals surface area contributed by atoms with E-state index >= 15 is 0 Å². The van der Waals surface area contributed by atoms with E-state index in [1.807, 2.05) is 11.8 Å². The molecule has 23 heavy (non-hydrogen) atoms. The molecular weight excluding hydrogens is 290 g/mol. The quantitative estimate of drug-likeness (QED) is 0.892. The maximum absolute atomic E-state index is 12.6. The van der Waals surface area contributed by atoms with Crippen LogP contribution in [0.3, 0.4) is 0 Å². The molecule has 1 amide bonds. The first-order valence-corrected chi connectivity index (χ1v) is 8.60. The summed E-state index contributed by atoms with van der Waals surface area (Å²) in [6, 6.07) is 8.70. The molecule has 0 spiro atoms. The fraction of sp³-hybridized carbons (Fsp3) is 0.611. The molecule has 0 bridgehead atoms. The molecule has 1 aromatic carbocycles. The Labute approximate surface area is 138 Å². The monoisotopic (exact) mass is 317 g/mol. The molecule has 0 saturated carbocycles. The largest absolute Gasteiger partial charge is 0.382 e. The molecule has 2 saturated heterocycles. The van der Waals surface area contributed by atoms with E-state index < -0.39 is 0 Å². The Hall–Kier alpha value is -1.59. The van der Waals surface area contributed by atoms with Gasteiger partial charge in [-0.1, -0.05) is 12.1 Å². The minimum Gasteiger partial charge on any atom is -0.382 e. The minimum absolute atomic E-state index is 0.0422. The lowest BCUT2D eigenvalue weighted by Gasteiger charge is -2.37. The molecule has 2 aliphatic rings. The third-order valence-electron chi connectivity index (χ3n) is 4.78. The topological polar surface area (TPSA) is 53.6 Å². The fourth-order valence-electron chi connectivity index (χ4n) is 3.42. The van der Waals surface area contributed by atoms with Gasteiger partial charge < -0.3 is 20.3 Å². The maximum atomic E-state index is 12.6. The molecule has 0 aromatic heterocycles. The Morgan fingerprint density at radius 2 is 2.13 bits per heavy atom. The second kappa shape index (κ2) is 7.32. The number of rotatable bonds is 3. The molecule has 5 heteroatoms. The average molecular weight is 317 g/mol. The van der Waals surface area contributed by atoms with E-state index in [1.54, 1.807) is 0 Å². The Morgan fingerprint density at radius 1 is 1.35 bits per heavy atom. The Morgan fingerprint density at radius 3 is 2.83 bits per heavy atom. The van der Waals surface area contributed by atoms with Crippen LogP contribution in [-0.2, 0) is 9.53 Å². The van der Waals surface area contributed by atoms with Crippen molar-refractivity contribution in [3.05, 3.63) is 29.8 Å². The van der Waals surface area contributed by atoms with Gasteiger partial charge in [-0.15, -0.1) is 0 Å². The van der Waals surface area contributed by atoms with Gasteiger partial charge in [-0.3, -0.25) is 4.79 Å². The van der Waals surface area contributed by atoms with Crippen molar-refractivity contribution in [2.75, 3.05) is 31.6 Å². The number of ether oxygens (including phenoxy) is 1. The summed E-state index contributed by atoms with van der Waals surface area (Å²) in [4.78, 5) is 14.6. The van der Waals surface area contributed by atoms with Crippen LogP contribution in [0.1, 0.15) is 25.3 Å². The van der Waals surface area contributed by atoms with E-state index in [4.69, 9.17) is 4.74 Å². The van der Waals surface area contributed by atoms with Crippen molar-refractivity contribution in [1.82, 2.24) is 10.2 Å². The number of anilines is 1. The second-order valence-electron chi connectivity index (χ2n) is 6.62. The highest BCUT2D eigenvalue weighted by Gasteiger charge is 2.33. The van der Waals surface area contributed by atoms with Crippen LogP contribution in [0.25, 0.3) is 0 Å². The number of carbonyl (C=O) groups excluding carboxylic acids is 1. The van der Waals surface area contributed by atoms with Gasteiger partial charge in [0.05, 0.1) is 12.7 Å². The van der Waals surface area contributed by atoms with Gasteiger partial charge in [0, 0.05) is 31.4 Å². The number of piperidine rings is 1. The van der Waals surface area contributed by atoms with Crippen LogP contribution in [0.4, 0.5) is 5.69 Å². The SMILES string of the molecule is Cc1cccc(NC2CCN(C(=O)[C@H]3NCCO[C@@H]3C)CC2)c1. The van der Waals surface area contributed by atoms with Crippen molar-refractivity contribution in [1.29, 1.82) is 0 Å². The summed E-state index contributed by atoms with van der Waals surface area (Å²) >= 11 is 0. The Bertz CT molecular complexity index is 541. The number of hydrogen-bond donors (Lipinski definition) is 2. The first-order valence-electron chi connectivity index (χ1n) is 8.60. The molecule has 0 aliphatic carbocycles. The van der Waals surface area contributed by atoms with E-state index in [0.29, 0.717) is 12.6 Å². The van der Waals surface area contributed by atoms with E-state index in [1.165, 1.54) is 11.3 Å². The lowest BCUT2D eigenvalue weighted by atomic mass is 10.0. The lowest BCUT2D eigenvalue weighted by Crippen LogP contribution is -2.58. The number of carbonyl (C=O) groups is 1. The van der Waals surface area contributed by atoms with Crippen molar-refractivity contribution in [3.63, 3.8) is 0 Å². The van der Waals surface area contributed by atoms with Gasteiger partial charge >= 0.3 is 0 Å². The fourth-order valence-corrected chi connectivity index (χ4v) is 3.42. The number of amides is 1. The highest BCUT2D eigenvalue weighted by atomic mass is 16.5. The third kappa shape index (κ3) is 4.03. The molecule has 2 heterocycles. The summed E-state index contributed by atoms with van der Waals surface area (Å²) in [7, 11) is 0. The van der Waals surface area contributed by atoms with E-state index in [9.17, 15) is 4.79 Å². The smallest absolute Gasteiger partial charge is 0.242 e. The molecule has 0 unspecified atom stereocenters. The van der Waals surface area contributed by atoms with Gasteiger partial charge in [0.2, 0.25) is 5.91 Å². The number of benzene rings is 1. The third-order valence-corrected chi connectivity index (χ3v) is 4.78. The molecule has 126 valence electrons. The van der Waals surface area contributed by atoms with Crippen LogP contribution in [0, 0.1) is 6.92 Å². The average Bonchev–Trinajstić information content (AvgIpc) is 2.55. The van der Waals surface area contributed by atoms with Crippen molar-refractivity contribution >= 4 is 11.6 Å². The first-order chi connectivity index (χ1) is 11.1. The molecule has 5 nitrogen and oxygen atoms in total. The maximum Gasteiger partial charge on any atom is 0.242 e. The Balaban J connectivity index is 1.51. The predicted molar refractivity (Wildman–Crippen MR) is 91.6 cm³/mol. The van der Waals surface area contributed by atoms with Crippen molar-refractivity contribution in [2.45, 2.75) is 44.9 Å². The lowest BCUT2D eigenvalue weighted by molar-refractivity contribution is -0.140. The van der Waals surface area contributed by atoms with Crippen LogP contribution >= 0.6 is 0 Å². The van der Waals surface area contributed by atoms with Crippen LogP contribution < -0.4 is 10.6 Å². The minimum atomic E-state index is -0.190. The molecule has 2 atom stereocenters. The number of nitrogens with zero attached hydrogens (tertiary/aromatic N) is 1. The van der Waals surface area contributed by atoms with E-state index in [-0.39, 0.29) is 18.1 Å². The van der Waals surface area contributed by atoms with Crippen molar-refractivity contribution in [2.24, 2.45) is 0 Å². The van der Waals surface area contributed by atoms with Crippen LogP contribution in [0.5, 0.6) is 0 Å². The molecule has 2 N–H and O–H groups in total. The molecular formula is C18H27N3O2. The normalized spacial score (nSPS) is 26.1. The summed E-state index contributed by atoms with van der Waals surface area (Å²) in [5, 5.41) is 6.88. The van der Waals surface area contributed by atoms with Gasteiger partial charge in [0.15, 0.2) is 0 Å². The Kier molecular flexibility index (Phi) is 5.18. The highest BCUT2D eigenvalue weighted by molar-refractivity contribution is 5.82. The number of aryl methyl sites for hydroxylation is 1. The van der Waals surface area contributed by atoms with Crippen molar-refractivity contribution < 1.29 is 9.53 Å². The zero-order chi connectivity index (χ0) is 16.2. The molecule has 2 fully saturated rings. The number of hydrogen-bond acceptors (Lipinski definition) is 4. The standard InChI is InChI=1S/C18H27N3O2/c1-13-4-3-5-16(12-13)20-15-6-9-21(10-7-15)18(22)17-14(2)23-11-8-19-17/h3-5,12,14-15,17,19-20H,6-11H2,1-2H3/t14-,17+/m1/s1. The van der Waals surface area contributed by atoms with Crippen LogP contribution in [0.2, 0.25) is 0 Å². The summed E-state index contributed by atoms with van der Waals surface area (Å²) in [5.74, 6) is 0.186. The number of likely N-dealkylation sites (tertiary alicyclic amines) is 1. The molecule has 1 aromatic rings. The first kappa shape index (κ1) is 16.3.